The molecule has 9 aromatic rings. The Hall–Kier alpha value is -7.10. The molecule has 0 atom stereocenters. The molecule has 3 heteroatoms. The van der Waals surface area contributed by atoms with Crippen molar-refractivity contribution in [1.82, 2.24) is 0 Å². The first-order valence-corrected chi connectivity index (χ1v) is 20.4. The zero-order valence-electron chi connectivity index (χ0n) is 32.5. The van der Waals surface area contributed by atoms with Crippen LogP contribution in [0.15, 0.2) is 200 Å². The molecule has 0 aromatic heterocycles. The number of para-hydroxylation sites is 2. The SMILES string of the molecule is CC1(C)c2ccccc2N2c3c(cccc31)B1c3c(cc4ccccc4c32)-c2ccc(-c3ccccc3)cc2N1c1cc(-c2ccccc2)cc(-c2ccccc2)c1. The third kappa shape index (κ3) is 4.74. The minimum Gasteiger partial charge on any atom is -0.376 e. The minimum absolute atomic E-state index is 0.102. The fraction of sp³-hybridized carbons (Fsp3) is 0.0545. The van der Waals surface area contributed by atoms with Crippen LogP contribution in [0.2, 0.25) is 0 Å². The predicted molar refractivity (Wildman–Crippen MR) is 246 cm³/mol. The molecule has 0 fully saturated rings. The van der Waals surface area contributed by atoms with E-state index in [1.54, 1.807) is 0 Å². The van der Waals surface area contributed by atoms with Gasteiger partial charge < -0.3 is 9.71 Å². The number of hydrogen-bond donors (Lipinski definition) is 0. The monoisotopic (exact) mass is 738 g/mol. The molecular weight excluding hydrogens is 699 g/mol. The van der Waals surface area contributed by atoms with E-state index in [-0.39, 0.29) is 12.3 Å². The Balaban J connectivity index is 1.24. The lowest BCUT2D eigenvalue weighted by Crippen LogP contribution is -2.62. The number of nitrogens with zero attached hydrogens (tertiary/aromatic N) is 2. The van der Waals surface area contributed by atoms with Crippen LogP contribution in [0.3, 0.4) is 0 Å². The molecule has 3 aliphatic rings. The first kappa shape index (κ1) is 33.1. The molecular formula is C55H39BN2. The lowest BCUT2D eigenvalue weighted by molar-refractivity contribution is 0.632. The maximum Gasteiger partial charge on any atom is 0.333 e. The zero-order valence-corrected chi connectivity index (χ0v) is 32.5. The normalized spacial score (nSPS) is 14.1. The fourth-order valence-electron chi connectivity index (χ4n) is 10.3. The molecule has 0 bridgehead atoms. The molecule has 9 aromatic carbocycles. The van der Waals surface area contributed by atoms with Gasteiger partial charge in [-0.05, 0) is 103 Å². The second-order valence-electron chi connectivity index (χ2n) is 16.5. The van der Waals surface area contributed by atoms with Gasteiger partial charge in [-0.2, -0.15) is 0 Å². The van der Waals surface area contributed by atoms with E-state index in [1.165, 1.54) is 106 Å². The van der Waals surface area contributed by atoms with Crippen LogP contribution >= 0.6 is 0 Å². The Kier molecular flexibility index (Phi) is 7.10. The van der Waals surface area contributed by atoms with Gasteiger partial charge in [0.05, 0.1) is 11.4 Å². The Labute approximate surface area is 340 Å². The van der Waals surface area contributed by atoms with Gasteiger partial charge in [0.2, 0.25) is 0 Å². The van der Waals surface area contributed by atoms with Crippen LogP contribution in [0.25, 0.3) is 55.3 Å². The van der Waals surface area contributed by atoms with E-state index in [9.17, 15) is 0 Å². The van der Waals surface area contributed by atoms with Gasteiger partial charge in [-0.3, -0.25) is 0 Å². The first-order valence-electron chi connectivity index (χ1n) is 20.4. The van der Waals surface area contributed by atoms with Gasteiger partial charge in [0.15, 0.2) is 0 Å². The molecule has 0 aliphatic carbocycles. The van der Waals surface area contributed by atoms with E-state index in [4.69, 9.17) is 0 Å². The van der Waals surface area contributed by atoms with Crippen molar-refractivity contribution in [1.29, 1.82) is 0 Å². The summed E-state index contributed by atoms with van der Waals surface area (Å²) in [6.07, 6.45) is 0. The highest BCUT2D eigenvalue weighted by atomic mass is 15.2. The Morgan fingerprint density at radius 2 is 1.02 bits per heavy atom. The summed E-state index contributed by atoms with van der Waals surface area (Å²) in [6, 6.07) is 74.5. The lowest BCUT2D eigenvalue weighted by Gasteiger charge is -2.50. The van der Waals surface area contributed by atoms with Crippen LogP contribution in [0, 0.1) is 0 Å². The molecule has 0 unspecified atom stereocenters. The van der Waals surface area contributed by atoms with E-state index in [0.29, 0.717) is 0 Å². The van der Waals surface area contributed by atoms with Crippen LogP contribution in [-0.2, 0) is 5.41 Å². The van der Waals surface area contributed by atoms with E-state index in [0.717, 1.165) is 0 Å². The van der Waals surface area contributed by atoms with Crippen molar-refractivity contribution in [3.05, 3.63) is 211 Å². The van der Waals surface area contributed by atoms with Crippen molar-refractivity contribution in [3.8, 4) is 44.5 Å². The molecule has 0 radical (unpaired) electrons. The highest BCUT2D eigenvalue weighted by molar-refractivity contribution is 6.94. The number of rotatable bonds is 4. The average Bonchev–Trinajstić information content (AvgIpc) is 3.29. The average molecular weight is 739 g/mol. The molecule has 58 heavy (non-hydrogen) atoms. The maximum absolute atomic E-state index is 2.68. The molecule has 0 spiro atoms. The Morgan fingerprint density at radius 3 is 1.72 bits per heavy atom. The van der Waals surface area contributed by atoms with Crippen molar-refractivity contribution in [3.63, 3.8) is 0 Å². The van der Waals surface area contributed by atoms with E-state index in [1.807, 2.05) is 0 Å². The molecule has 0 N–H and O–H groups in total. The first-order chi connectivity index (χ1) is 28.5. The zero-order chi connectivity index (χ0) is 38.5. The highest BCUT2D eigenvalue weighted by Crippen LogP contribution is 2.56. The van der Waals surface area contributed by atoms with Gasteiger partial charge in [-0.15, -0.1) is 0 Å². The predicted octanol–water partition coefficient (Wildman–Crippen LogP) is 13.2. The van der Waals surface area contributed by atoms with Gasteiger partial charge in [-0.1, -0.05) is 178 Å². The topological polar surface area (TPSA) is 6.48 Å². The molecule has 0 saturated carbocycles. The highest BCUT2D eigenvalue weighted by Gasteiger charge is 2.50. The number of anilines is 5. The van der Waals surface area contributed by atoms with Crippen LogP contribution in [0.1, 0.15) is 25.0 Å². The van der Waals surface area contributed by atoms with Crippen molar-refractivity contribution in [2.75, 3.05) is 9.71 Å². The summed E-state index contributed by atoms with van der Waals surface area (Å²) >= 11 is 0. The summed E-state index contributed by atoms with van der Waals surface area (Å²) in [4.78, 5) is 5.31. The van der Waals surface area contributed by atoms with E-state index >= 15 is 0 Å². The summed E-state index contributed by atoms with van der Waals surface area (Å²) < 4.78 is 0. The van der Waals surface area contributed by atoms with Crippen LogP contribution < -0.4 is 20.6 Å². The molecule has 0 saturated heterocycles. The maximum atomic E-state index is 2.68. The van der Waals surface area contributed by atoms with Crippen molar-refractivity contribution >= 4 is 57.0 Å². The summed E-state index contributed by atoms with van der Waals surface area (Å²) in [5.74, 6) is 0. The van der Waals surface area contributed by atoms with Crippen LogP contribution in [-0.4, -0.2) is 6.85 Å². The van der Waals surface area contributed by atoms with Crippen LogP contribution in [0.4, 0.5) is 28.4 Å². The summed E-state index contributed by atoms with van der Waals surface area (Å²) in [7, 11) is 0. The van der Waals surface area contributed by atoms with Crippen molar-refractivity contribution < 1.29 is 0 Å². The largest absolute Gasteiger partial charge is 0.376 e. The summed E-state index contributed by atoms with van der Waals surface area (Å²) in [5.41, 5.74) is 21.2. The van der Waals surface area contributed by atoms with Gasteiger partial charge >= 0.3 is 6.85 Å². The van der Waals surface area contributed by atoms with Gasteiger partial charge in [-0.25, -0.2) is 0 Å². The molecule has 12 rings (SSSR count). The third-order valence-electron chi connectivity index (χ3n) is 13.0. The molecule has 3 aliphatic heterocycles. The van der Waals surface area contributed by atoms with Crippen LogP contribution in [0.5, 0.6) is 0 Å². The Morgan fingerprint density at radius 1 is 0.414 bits per heavy atom. The van der Waals surface area contributed by atoms with E-state index in [2.05, 4.69) is 224 Å². The fourth-order valence-corrected chi connectivity index (χ4v) is 10.3. The number of fused-ring (bicyclic) bond motifs is 8. The standard InChI is InChI=1S/C55H39BN2/c1-55(2)47-25-14-15-28-50(47)57-53-44-24-13-12-23-40(44)34-46-45-30-29-39(36-17-6-3-7-18-36)35-51(45)58(56(52(46)53)49-27-16-26-48(55)54(49)57)43-32-41(37-19-8-4-9-20-37)31-42(33-43)38-21-10-5-11-22-38/h3-35H,1-2H3. The molecule has 2 nitrogen and oxygen atoms in total. The Bertz CT molecular complexity index is 3040. The second kappa shape index (κ2) is 12.5. The smallest absolute Gasteiger partial charge is 0.333 e. The third-order valence-corrected chi connectivity index (χ3v) is 13.0. The quantitative estimate of drug-likeness (QED) is 0.166. The summed E-state index contributed by atoms with van der Waals surface area (Å²) in [6.45, 7) is 4.70. The summed E-state index contributed by atoms with van der Waals surface area (Å²) in [5, 5.41) is 2.52. The van der Waals surface area contributed by atoms with Crippen molar-refractivity contribution in [2.24, 2.45) is 0 Å². The minimum atomic E-state index is -0.199. The number of hydrogen-bond acceptors (Lipinski definition) is 2. The molecule has 272 valence electrons. The van der Waals surface area contributed by atoms with Crippen molar-refractivity contribution in [2.45, 2.75) is 19.3 Å². The molecule has 0 amide bonds. The molecule has 3 heterocycles. The number of benzene rings is 9. The van der Waals surface area contributed by atoms with E-state index < -0.39 is 0 Å². The van der Waals surface area contributed by atoms with Gasteiger partial charge in [0, 0.05) is 33.4 Å². The van der Waals surface area contributed by atoms with Gasteiger partial charge in [0.25, 0.3) is 0 Å². The lowest BCUT2D eigenvalue weighted by atomic mass is 9.42. The van der Waals surface area contributed by atoms with Gasteiger partial charge in [0.1, 0.15) is 0 Å². The second-order valence-corrected chi connectivity index (χ2v) is 16.5.